The van der Waals surface area contributed by atoms with Crippen molar-refractivity contribution in [3.05, 3.63) is 34.8 Å². The maximum Gasteiger partial charge on any atom is 0.416 e. The molecule has 3 rings (SSSR count). The zero-order chi connectivity index (χ0) is 24.9. The number of nitrogens with zero attached hydrogens (tertiary/aromatic N) is 2. The summed E-state index contributed by atoms with van der Waals surface area (Å²) in [6.45, 7) is 3.18. The molecule has 0 aliphatic carbocycles. The van der Waals surface area contributed by atoms with Crippen molar-refractivity contribution < 1.29 is 32.3 Å². The zero-order valence-electron chi connectivity index (χ0n) is 18.5. The van der Waals surface area contributed by atoms with E-state index in [0.717, 1.165) is 4.88 Å². The van der Waals surface area contributed by atoms with E-state index < -0.39 is 24.1 Å². The Kier molecular flexibility index (Phi) is 8.10. The van der Waals surface area contributed by atoms with Gasteiger partial charge in [-0.15, -0.1) is 11.3 Å². The molecule has 9 nitrogen and oxygen atoms in total. The van der Waals surface area contributed by atoms with E-state index in [1.807, 2.05) is 0 Å². The van der Waals surface area contributed by atoms with Crippen LogP contribution in [0.25, 0.3) is 0 Å². The second kappa shape index (κ2) is 10.8. The fraction of sp³-hybridized carbons (Fsp3) is 0.429. The van der Waals surface area contributed by atoms with Gasteiger partial charge in [0.25, 0.3) is 0 Å². The fourth-order valence-electron chi connectivity index (χ4n) is 3.24. The van der Waals surface area contributed by atoms with E-state index in [1.54, 1.807) is 30.0 Å². The molecule has 1 aromatic heterocycles. The van der Waals surface area contributed by atoms with Gasteiger partial charge in [0.1, 0.15) is 0 Å². The number of morpholine rings is 1. The van der Waals surface area contributed by atoms with Crippen LogP contribution in [0.3, 0.4) is 0 Å². The van der Waals surface area contributed by atoms with Crippen LogP contribution >= 0.6 is 11.3 Å². The summed E-state index contributed by atoms with van der Waals surface area (Å²) < 4.78 is 43.7. The van der Waals surface area contributed by atoms with Crippen molar-refractivity contribution >= 4 is 45.6 Å². The second-order valence-electron chi connectivity index (χ2n) is 7.57. The Bertz CT molecular complexity index is 1060. The third-order valence-electron chi connectivity index (χ3n) is 4.87. The van der Waals surface area contributed by atoms with Crippen molar-refractivity contribution in [1.29, 1.82) is 0 Å². The molecule has 1 atom stereocenters. The first-order valence-corrected chi connectivity index (χ1v) is 11.2. The number of alkyl halides is 3. The van der Waals surface area contributed by atoms with Crippen LogP contribution < -0.4 is 20.9 Å². The van der Waals surface area contributed by atoms with Crippen LogP contribution in [0.2, 0.25) is 0 Å². The normalized spacial score (nSPS) is 16.1. The van der Waals surface area contributed by atoms with E-state index in [2.05, 4.69) is 20.9 Å². The Morgan fingerprint density at radius 2 is 1.91 bits per heavy atom. The second-order valence-corrected chi connectivity index (χ2v) is 8.64. The number of amides is 3. The lowest BCUT2D eigenvalue weighted by atomic mass is 10.2. The van der Waals surface area contributed by atoms with E-state index in [-0.39, 0.29) is 25.6 Å². The predicted octanol–water partition coefficient (Wildman–Crippen LogP) is 2.47. The van der Waals surface area contributed by atoms with E-state index in [4.69, 9.17) is 4.74 Å². The molecular formula is C21H24F3N5O4S. The molecule has 13 heteroatoms. The van der Waals surface area contributed by atoms with Gasteiger partial charge in [-0.05, 0) is 25.1 Å². The minimum Gasteiger partial charge on any atom is -0.365 e. The molecule has 1 aliphatic rings. The number of ether oxygens (including phenoxy) is 1. The molecule has 2 heterocycles. The molecule has 3 N–H and O–H groups in total. The fourth-order valence-corrected chi connectivity index (χ4v) is 4.33. The summed E-state index contributed by atoms with van der Waals surface area (Å²) in [6, 6.07) is 6.36. The van der Waals surface area contributed by atoms with Crippen LogP contribution in [0.1, 0.15) is 17.5 Å². The number of anilines is 3. The number of thiazole rings is 1. The van der Waals surface area contributed by atoms with Gasteiger partial charge in [0.15, 0.2) is 11.2 Å². The highest BCUT2D eigenvalue weighted by Gasteiger charge is 2.43. The van der Waals surface area contributed by atoms with Gasteiger partial charge >= 0.3 is 18.0 Å². The number of rotatable bonds is 6. The number of hydrogen-bond donors (Lipinski definition) is 3. The smallest absolute Gasteiger partial charge is 0.365 e. The number of hydrogen-bond acceptors (Lipinski definition) is 7. The summed E-state index contributed by atoms with van der Waals surface area (Å²) in [4.78, 5) is 42.1. The van der Waals surface area contributed by atoms with E-state index in [1.165, 1.54) is 24.3 Å². The molecule has 0 saturated carbocycles. The van der Waals surface area contributed by atoms with Gasteiger partial charge in [-0.25, -0.2) is 4.98 Å². The molecule has 0 bridgehead atoms. The highest BCUT2D eigenvalue weighted by molar-refractivity contribution is 7.15. The third-order valence-corrected chi connectivity index (χ3v) is 6.15. The first-order valence-electron chi connectivity index (χ1n) is 10.4. The Labute approximate surface area is 197 Å². The van der Waals surface area contributed by atoms with Crippen LogP contribution in [0.5, 0.6) is 0 Å². The molecule has 0 radical (unpaired) electrons. The Balaban J connectivity index is 1.50. The number of aryl methyl sites for hydroxylation is 1. The average Bonchev–Trinajstić information content (AvgIpc) is 3.13. The van der Waals surface area contributed by atoms with E-state index in [0.29, 0.717) is 35.2 Å². The van der Waals surface area contributed by atoms with E-state index >= 15 is 0 Å². The van der Waals surface area contributed by atoms with Crippen LogP contribution in [0.4, 0.5) is 29.7 Å². The Hall–Kier alpha value is -3.19. The van der Waals surface area contributed by atoms with Crippen LogP contribution in [0.15, 0.2) is 24.3 Å². The molecule has 2 aromatic rings. The summed E-state index contributed by atoms with van der Waals surface area (Å²) in [5.41, 5.74) is 1.48. The number of carbonyl (C=O) groups is 3. The molecule has 1 fully saturated rings. The summed E-state index contributed by atoms with van der Waals surface area (Å²) in [5.74, 6) is -1.97. The maximum absolute atomic E-state index is 13.0. The molecule has 1 aromatic carbocycles. The Morgan fingerprint density at radius 1 is 1.21 bits per heavy atom. The molecular weight excluding hydrogens is 475 g/mol. The predicted molar refractivity (Wildman–Crippen MR) is 121 cm³/mol. The van der Waals surface area contributed by atoms with Gasteiger partial charge in [-0.3, -0.25) is 14.4 Å². The standard InChI is InChI=1S/C21H24F3N5O4S/c1-12-16(34-20(26-12)29-8-9-33-17(11-29)21(22,23)24)6-7-25-18(31)19(32)28-15-5-3-4-14(10-15)27-13(2)30/h3-5,10,17H,6-9,11H2,1-2H3,(H,25,31)(H,27,30)(H,28,32). The number of aromatic nitrogens is 1. The minimum atomic E-state index is -4.44. The average molecular weight is 500 g/mol. The first kappa shape index (κ1) is 25.4. The van der Waals surface area contributed by atoms with Crippen molar-refractivity contribution in [2.45, 2.75) is 32.5 Å². The van der Waals surface area contributed by atoms with Crippen LogP contribution in [-0.2, 0) is 25.5 Å². The van der Waals surface area contributed by atoms with Crippen molar-refractivity contribution in [3.8, 4) is 0 Å². The van der Waals surface area contributed by atoms with Crippen LogP contribution in [-0.4, -0.2) is 61.2 Å². The largest absolute Gasteiger partial charge is 0.416 e. The SMILES string of the molecule is CC(=O)Nc1cccc(NC(=O)C(=O)NCCc2sc(N3CCOC(C(F)(F)F)C3)nc2C)c1. The highest BCUT2D eigenvalue weighted by Crippen LogP contribution is 2.31. The molecule has 3 amide bonds. The number of carbonyl (C=O) groups excluding carboxylic acids is 3. The minimum absolute atomic E-state index is 0.0446. The highest BCUT2D eigenvalue weighted by atomic mass is 32.1. The van der Waals surface area contributed by atoms with Gasteiger partial charge in [-0.1, -0.05) is 6.07 Å². The lowest BCUT2D eigenvalue weighted by Crippen LogP contribution is -2.49. The van der Waals surface area contributed by atoms with Gasteiger partial charge < -0.3 is 25.6 Å². The topological polar surface area (TPSA) is 113 Å². The van der Waals surface area contributed by atoms with Crippen molar-refractivity contribution in [2.75, 3.05) is 41.8 Å². The molecule has 34 heavy (non-hydrogen) atoms. The summed E-state index contributed by atoms with van der Waals surface area (Å²) in [6.07, 6.45) is -5.93. The van der Waals surface area contributed by atoms with Crippen LogP contribution in [0, 0.1) is 6.92 Å². The lowest BCUT2D eigenvalue weighted by Gasteiger charge is -2.33. The molecule has 0 spiro atoms. The first-order chi connectivity index (χ1) is 16.0. The molecule has 1 unspecified atom stereocenters. The quantitative estimate of drug-likeness (QED) is 0.527. The molecule has 1 aliphatic heterocycles. The van der Waals surface area contributed by atoms with Crippen molar-refractivity contribution in [2.24, 2.45) is 0 Å². The van der Waals surface area contributed by atoms with Gasteiger partial charge in [0, 0.05) is 42.7 Å². The number of halogens is 3. The summed E-state index contributed by atoms with van der Waals surface area (Å²) in [7, 11) is 0. The number of benzene rings is 1. The monoisotopic (exact) mass is 499 g/mol. The third kappa shape index (κ3) is 6.90. The van der Waals surface area contributed by atoms with Gasteiger partial charge in [0.2, 0.25) is 5.91 Å². The van der Waals surface area contributed by atoms with Crippen molar-refractivity contribution in [3.63, 3.8) is 0 Å². The Morgan fingerprint density at radius 3 is 2.59 bits per heavy atom. The lowest BCUT2D eigenvalue weighted by molar-refractivity contribution is -0.221. The van der Waals surface area contributed by atoms with Gasteiger partial charge in [-0.2, -0.15) is 13.2 Å². The van der Waals surface area contributed by atoms with E-state index in [9.17, 15) is 27.6 Å². The zero-order valence-corrected chi connectivity index (χ0v) is 19.3. The number of nitrogens with one attached hydrogen (secondary N) is 3. The maximum atomic E-state index is 13.0. The summed E-state index contributed by atoms with van der Waals surface area (Å²) in [5, 5.41) is 8.02. The molecule has 1 saturated heterocycles. The van der Waals surface area contributed by atoms with Crippen molar-refractivity contribution in [1.82, 2.24) is 10.3 Å². The van der Waals surface area contributed by atoms with Gasteiger partial charge in [0.05, 0.1) is 18.8 Å². The molecule has 184 valence electrons. The summed E-state index contributed by atoms with van der Waals surface area (Å²) >= 11 is 1.25.